The quantitative estimate of drug-likeness (QED) is 0.525. The zero-order chi connectivity index (χ0) is 14.3. The lowest BCUT2D eigenvalue weighted by atomic mass is 10.0. The van der Waals surface area contributed by atoms with Gasteiger partial charge in [-0.25, -0.2) is 4.79 Å². The Hall–Kier alpha value is -1.59. The third-order valence-electron chi connectivity index (χ3n) is 2.09. The van der Waals surface area contributed by atoms with E-state index < -0.39 is 30.1 Å². The van der Waals surface area contributed by atoms with Crippen LogP contribution in [-0.2, 0) is 28.6 Å². The molecule has 0 aromatic rings. The lowest BCUT2D eigenvalue weighted by molar-refractivity contribution is -0.180. The maximum Gasteiger partial charge on any atom is 0.351 e. The van der Waals surface area contributed by atoms with Gasteiger partial charge < -0.3 is 14.2 Å². The van der Waals surface area contributed by atoms with Crippen LogP contribution in [-0.4, -0.2) is 37.2 Å². The van der Waals surface area contributed by atoms with Gasteiger partial charge in [-0.2, -0.15) is 0 Å². The van der Waals surface area contributed by atoms with Crippen molar-refractivity contribution in [3.8, 4) is 0 Å². The smallest absolute Gasteiger partial charge is 0.351 e. The predicted molar refractivity (Wildman–Crippen MR) is 62.6 cm³/mol. The number of hydrogen-bond acceptors (Lipinski definition) is 6. The van der Waals surface area contributed by atoms with Gasteiger partial charge in [0.05, 0.1) is 7.11 Å². The van der Waals surface area contributed by atoms with Crippen LogP contribution in [0.15, 0.2) is 0 Å². The van der Waals surface area contributed by atoms with Crippen LogP contribution in [0.1, 0.15) is 34.1 Å². The van der Waals surface area contributed by atoms with Crippen LogP contribution in [0, 0.1) is 5.92 Å². The molecule has 0 aromatic carbocycles. The Morgan fingerprint density at radius 1 is 1.00 bits per heavy atom. The Morgan fingerprint density at radius 2 is 1.50 bits per heavy atom. The van der Waals surface area contributed by atoms with Gasteiger partial charge in [0.1, 0.15) is 6.10 Å². The van der Waals surface area contributed by atoms with Crippen LogP contribution in [0.5, 0.6) is 0 Å². The second kappa shape index (κ2) is 7.68. The zero-order valence-corrected chi connectivity index (χ0v) is 11.4. The van der Waals surface area contributed by atoms with Crippen molar-refractivity contribution in [1.29, 1.82) is 0 Å². The van der Waals surface area contributed by atoms with Crippen LogP contribution in [0.3, 0.4) is 0 Å². The Kier molecular flexibility index (Phi) is 7.00. The van der Waals surface area contributed by atoms with Crippen LogP contribution < -0.4 is 0 Å². The summed E-state index contributed by atoms with van der Waals surface area (Å²) >= 11 is 0. The molecule has 6 heteroatoms. The average Bonchev–Trinajstić information content (AvgIpc) is 2.22. The van der Waals surface area contributed by atoms with E-state index in [1.165, 1.54) is 21.0 Å². The van der Waals surface area contributed by atoms with Gasteiger partial charge in [-0.3, -0.25) is 9.59 Å². The molecule has 0 aromatic heterocycles. The summed E-state index contributed by atoms with van der Waals surface area (Å²) in [6.07, 6.45) is -1.66. The average molecular weight is 260 g/mol. The van der Waals surface area contributed by atoms with Crippen molar-refractivity contribution >= 4 is 17.9 Å². The molecule has 0 rings (SSSR count). The summed E-state index contributed by atoms with van der Waals surface area (Å²) < 4.78 is 14.5. The molecular formula is C12H20O6. The number of rotatable bonds is 6. The summed E-state index contributed by atoms with van der Waals surface area (Å²) in [4.78, 5) is 33.6. The molecule has 2 atom stereocenters. The molecule has 0 bridgehead atoms. The van der Waals surface area contributed by atoms with Crippen molar-refractivity contribution in [3.63, 3.8) is 0 Å². The zero-order valence-electron chi connectivity index (χ0n) is 11.4. The number of carbonyl (C=O) groups is 3. The fourth-order valence-electron chi connectivity index (χ4n) is 1.48. The minimum Gasteiger partial charge on any atom is -0.466 e. The maximum atomic E-state index is 11.6. The van der Waals surface area contributed by atoms with Crippen LogP contribution in [0.2, 0.25) is 0 Å². The first kappa shape index (κ1) is 16.4. The van der Waals surface area contributed by atoms with Gasteiger partial charge in [-0.1, -0.05) is 13.8 Å². The molecular weight excluding hydrogens is 240 g/mol. The van der Waals surface area contributed by atoms with Gasteiger partial charge in [-0.05, 0) is 12.3 Å². The van der Waals surface area contributed by atoms with E-state index in [0.29, 0.717) is 6.42 Å². The lowest BCUT2D eigenvalue weighted by Gasteiger charge is -2.25. The molecule has 104 valence electrons. The van der Waals surface area contributed by atoms with Gasteiger partial charge in [-0.15, -0.1) is 0 Å². The van der Waals surface area contributed by atoms with Crippen molar-refractivity contribution in [3.05, 3.63) is 0 Å². The van der Waals surface area contributed by atoms with E-state index >= 15 is 0 Å². The largest absolute Gasteiger partial charge is 0.466 e. The normalized spacial score (nSPS) is 13.7. The number of esters is 3. The van der Waals surface area contributed by atoms with Crippen molar-refractivity contribution < 1.29 is 28.6 Å². The first-order valence-corrected chi connectivity index (χ1v) is 5.70. The predicted octanol–water partition coefficient (Wildman–Crippen LogP) is 1.07. The highest BCUT2D eigenvalue weighted by Crippen LogP contribution is 2.16. The monoisotopic (exact) mass is 260 g/mol. The maximum absolute atomic E-state index is 11.6. The molecule has 0 fully saturated rings. The van der Waals surface area contributed by atoms with Gasteiger partial charge in [0.25, 0.3) is 0 Å². The molecule has 0 aliphatic rings. The van der Waals surface area contributed by atoms with Gasteiger partial charge in [0, 0.05) is 13.8 Å². The van der Waals surface area contributed by atoms with Gasteiger partial charge in [0.15, 0.2) is 0 Å². The Balaban J connectivity index is 4.98. The summed E-state index contributed by atoms with van der Waals surface area (Å²) in [5.74, 6) is -1.75. The highest BCUT2D eigenvalue weighted by molar-refractivity contribution is 5.79. The van der Waals surface area contributed by atoms with Gasteiger partial charge >= 0.3 is 17.9 Å². The van der Waals surface area contributed by atoms with E-state index in [1.807, 2.05) is 13.8 Å². The summed E-state index contributed by atoms with van der Waals surface area (Å²) in [5.41, 5.74) is 0. The Labute approximate surface area is 107 Å². The highest BCUT2D eigenvalue weighted by atomic mass is 16.6. The van der Waals surface area contributed by atoms with E-state index in [-0.39, 0.29) is 5.92 Å². The molecule has 0 radical (unpaired) electrons. The highest BCUT2D eigenvalue weighted by Gasteiger charge is 2.35. The minimum atomic E-state index is -1.22. The third-order valence-corrected chi connectivity index (χ3v) is 2.09. The molecule has 6 nitrogen and oxygen atoms in total. The number of hydrogen-bond donors (Lipinski definition) is 0. The molecule has 0 unspecified atom stereocenters. The van der Waals surface area contributed by atoms with Crippen molar-refractivity contribution in [1.82, 2.24) is 0 Å². The third kappa shape index (κ3) is 6.22. The molecule has 0 spiro atoms. The SMILES string of the molecule is COC(=O)[C@H](OC(C)=O)[C@H](CC(C)C)OC(C)=O. The van der Waals surface area contributed by atoms with Crippen LogP contribution in [0.4, 0.5) is 0 Å². The number of ether oxygens (including phenoxy) is 3. The molecule has 0 N–H and O–H groups in total. The first-order chi connectivity index (χ1) is 8.27. The molecule has 0 saturated carbocycles. The summed E-state index contributed by atoms with van der Waals surface area (Å²) in [6.45, 7) is 6.21. The second-order valence-corrected chi connectivity index (χ2v) is 4.33. The molecule has 0 heterocycles. The fourth-order valence-corrected chi connectivity index (χ4v) is 1.48. The van der Waals surface area contributed by atoms with E-state index in [9.17, 15) is 14.4 Å². The van der Waals surface area contributed by atoms with E-state index in [4.69, 9.17) is 9.47 Å². The van der Waals surface area contributed by atoms with E-state index in [0.717, 1.165) is 0 Å². The number of methoxy groups -OCH3 is 1. The molecule has 0 aliphatic heterocycles. The molecule has 0 saturated heterocycles. The standard InChI is InChI=1S/C12H20O6/c1-7(2)6-10(17-8(3)13)11(12(15)16-5)18-9(4)14/h7,10-11H,6H2,1-5H3/t10-,11+/m0/s1. The van der Waals surface area contributed by atoms with Crippen molar-refractivity contribution in [2.75, 3.05) is 7.11 Å². The van der Waals surface area contributed by atoms with Crippen molar-refractivity contribution in [2.24, 2.45) is 5.92 Å². The second-order valence-electron chi connectivity index (χ2n) is 4.33. The first-order valence-electron chi connectivity index (χ1n) is 5.70. The fraction of sp³-hybridized carbons (Fsp3) is 0.750. The molecule has 18 heavy (non-hydrogen) atoms. The number of carbonyl (C=O) groups excluding carboxylic acids is 3. The molecule has 0 aliphatic carbocycles. The van der Waals surface area contributed by atoms with E-state index in [1.54, 1.807) is 0 Å². The summed E-state index contributed by atoms with van der Waals surface area (Å²) in [7, 11) is 1.18. The van der Waals surface area contributed by atoms with Gasteiger partial charge in [0.2, 0.25) is 6.10 Å². The lowest BCUT2D eigenvalue weighted by Crippen LogP contribution is -2.42. The van der Waals surface area contributed by atoms with E-state index in [2.05, 4.69) is 4.74 Å². The van der Waals surface area contributed by atoms with Crippen LogP contribution >= 0.6 is 0 Å². The molecule has 0 amide bonds. The Bertz CT molecular complexity index is 310. The Morgan fingerprint density at radius 3 is 1.83 bits per heavy atom. The summed E-state index contributed by atoms with van der Waals surface area (Å²) in [5, 5.41) is 0. The van der Waals surface area contributed by atoms with Crippen LogP contribution in [0.25, 0.3) is 0 Å². The van der Waals surface area contributed by atoms with Crippen molar-refractivity contribution in [2.45, 2.75) is 46.3 Å². The summed E-state index contributed by atoms with van der Waals surface area (Å²) in [6, 6.07) is 0. The minimum absolute atomic E-state index is 0.164. The topological polar surface area (TPSA) is 78.9 Å².